The summed E-state index contributed by atoms with van der Waals surface area (Å²) in [6.45, 7) is 3.63. The maximum atomic E-state index is 13.2. The number of nitrogens with one attached hydrogen (secondary N) is 1. The molecule has 2 aromatic heterocycles. The zero-order valence-corrected chi connectivity index (χ0v) is 18.1. The number of nitrogens with zero attached hydrogens (tertiary/aromatic N) is 3. The number of hydrogen-bond acceptors (Lipinski definition) is 5. The van der Waals surface area contributed by atoms with Gasteiger partial charge in [-0.1, -0.05) is 52.5 Å². The van der Waals surface area contributed by atoms with Crippen molar-refractivity contribution in [3.05, 3.63) is 63.8 Å². The number of carbonyl (C=O) groups is 1. The summed E-state index contributed by atoms with van der Waals surface area (Å²) >= 11 is 3.49. The molecule has 6 nitrogen and oxygen atoms in total. The Balaban J connectivity index is 1.61. The minimum Gasteiger partial charge on any atom is -0.340 e. The fourth-order valence-electron chi connectivity index (χ4n) is 3.95. The standard InChI is InChI=1S/C22H23BrN4O2/c1-14-18(9-10-19(24-14)16-7-6-8-17(23)13-16)20(28)26-22(11-4-3-5-12-22)21-25-15(2)29-27-21/h6-10,13H,3-5,11-12H2,1-2H3,(H,26,28). The normalized spacial score (nSPS) is 15.8. The maximum absolute atomic E-state index is 13.2. The average molecular weight is 455 g/mol. The summed E-state index contributed by atoms with van der Waals surface area (Å²) in [5.74, 6) is 0.926. The molecule has 1 amide bonds. The third kappa shape index (κ3) is 4.10. The van der Waals surface area contributed by atoms with Crippen molar-refractivity contribution in [1.82, 2.24) is 20.4 Å². The Morgan fingerprint density at radius 1 is 1.10 bits per heavy atom. The van der Waals surface area contributed by atoms with Gasteiger partial charge in [0.25, 0.3) is 5.91 Å². The van der Waals surface area contributed by atoms with Crippen LogP contribution in [0.3, 0.4) is 0 Å². The van der Waals surface area contributed by atoms with Gasteiger partial charge in [-0.15, -0.1) is 0 Å². The van der Waals surface area contributed by atoms with E-state index in [9.17, 15) is 4.79 Å². The van der Waals surface area contributed by atoms with E-state index >= 15 is 0 Å². The minimum absolute atomic E-state index is 0.153. The van der Waals surface area contributed by atoms with E-state index in [2.05, 4.69) is 36.4 Å². The molecule has 1 fully saturated rings. The molecule has 1 saturated carbocycles. The second kappa shape index (κ2) is 8.06. The fourth-order valence-corrected chi connectivity index (χ4v) is 4.35. The van der Waals surface area contributed by atoms with Gasteiger partial charge in [-0.2, -0.15) is 4.98 Å². The number of pyridine rings is 1. The van der Waals surface area contributed by atoms with E-state index in [1.54, 1.807) is 6.92 Å². The molecule has 0 aliphatic heterocycles. The van der Waals surface area contributed by atoms with E-state index in [1.165, 1.54) is 0 Å². The summed E-state index contributed by atoms with van der Waals surface area (Å²) in [4.78, 5) is 22.3. The number of carbonyl (C=O) groups excluding carboxylic acids is 1. The predicted octanol–water partition coefficient (Wildman–Crippen LogP) is 5.10. The van der Waals surface area contributed by atoms with E-state index in [4.69, 9.17) is 4.52 Å². The largest absolute Gasteiger partial charge is 0.340 e. The molecule has 1 aliphatic rings. The number of rotatable bonds is 4. The molecule has 0 unspecified atom stereocenters. The van der Waals surface area contributed by atoms with E-state index in [0.717, 1.165) is 47.8 Å². The van der Waals surface area contributed by atoms with Crippen LogP contribution in [0.5, 0.6) is 0 Å². The SMILES string of the molecule is Cc1nc(C2(NC(=O)c3ccc(-c4cccc(Br)c4)nc3C)CCCCC2)no1. The zero-order valence-electron chi connectivity index (χ0n) is 16.5. The van der Waals surface area contributed by atoms with E-state index in [-0.39, 0.29) is 5.91 Å². The Morgan fingerprint density at radius 3 is 2.55 bits per heavy atom. The first-order valence-corrected chi connectivity index (χ1v) is 10.6. The van der Waals surface area contributed by atoms with Crippen LogP contribution in [0.2, 0.25) is 0 Å². The van der Waals surface area contributed by atoms with Crippen molar-refractivity contribution in [3.63, 3.8) is 0 Å². The average Bonchev–Trinajstić information content (AvgIpc) is 3.15. The van der Waals surface area contributed by atoms with Crippen LogP contribution >= 0.6 is 15.9 Å². The van der Waals surface area contributed by atoms with Crippen LogP contribution in [0.4, 0.5) is 0 Å². The van der Waals surface area contributed by atoms with Crippen LogP contribution in [0.15, 0.2) is 45.4 Å². The van der Waals surface area contributed by atoms with Gasteiger partial charge in [-0.3, -0.25) is 9.78 Å². The Hall–Kier alpha value is -2.54. The van der Waals surface area contributed by atoms with Gasteiger partial charge >= 0.3 is 0 Å². The van der Waals surface area contributed by atoms with Gasteiger partial charge in [-0.05, 0) is 44.0 Å². The molecule has 2 heterocycles. The van der Waals surface area contributed by atoms with Crippen molar-refractivity contribution in [2.45, 2.75) is 51.5 Å². The number of aryl methyl sites for hydroxylation is 2. The topological polar surface area (TPSA) is 80.9 Å². The molecule has 29 heavy (non-hydrogen) atoms. The molecule has 1 aliphatic carbocycles. The lowest BCUT2D eigenvalue weighted by Gasteiger charge is -2.35. The Kier molecular flexibility index (Phi) is 5.50. The van der Waals surface area contributed by atoms with Crippen molar-refractivity contribution in [2.24, 2.45) is 0 Å². The summed E-state index contributed by atoms with van der Waals surface area (Å²) in [6, 6.07) is 11.7. The van der Waals surface area contributed by atoms with Crippen LogP contribution in [-0.4, -0.2) is 21.0 Å². The van der Waals surface area contributed by atoms with Crippen molar-refractivity contribution in [1.29, 1.82) is 0 Å². The molecule has 3 aromatic rings. The minimum atomic E-state index is -0.581. The highest BCUT2D eigenvalue weighted by atomic mass is 79.9. The Morgan fingerprint density at radius 2 is 1.90 bits per heavy atom. The van der Waals surface area contributed by atoms with E-state index in [0.29, 0.717) is 23.0 Å². The van der Waals surface area contributed by atoms with Gasteiger partial charge in [0.05, 0.1) is 17.0 Å². The second-order valence-corrected chi connectivity index (χ2v) is 8.49. The summed E-state index contributed by atoms with van der Waals surface area (Å²) < 4.78 is 6.19. The molecule has 0 radical (unpaired) electrons. The van der Waals surface area contributed by atoms with Crippen LogP contribution in [0.25, 0.3) is 11.3 Å². The first-order chi connectivity index (χ1) is 14.0. The highest BCUT2D eigenvalue weighted by Gasteiger charge is 2.40. The van der Waals surface area contributed by atoms with Crippen LogP contribution in [0, 0.1) is 13.8 Å². The summed E-state index contributed by atoms with van der Waals surface area (Å²) in [7, 11) is 0. The van der Waals surface area contributed by atoms with Crippen molar-refractivity contribution >= 4 is 21.8 Å². The molecular formula is C22H23BrN4O2. The van der Waals surface area contributed by atoms with E-state index < -0.39 is 5.54 Å². The van der Waals surface area contributed by atoms with Gasteiger partial charge in [0.2, 0.25) is 5.89 Å². The molecule has 0 saturated heterocycles. The fraction of sp³-hybridized carbons (Fsp3) is 0.364. The number of benzene rings is 1. The van der Waals surface area contributed by atoms with Crippen LogP contribution in [-0.2, 0) is 5.54 Å². The lowest BCUT2D eigenvalue weighted by Crippen LogP contribution is -2.48. The van der Waals surface area contributed by atoms with Crippen LogP contribution in [0.1, 0.15) is 59.9 Å². The zero-order chi connectivity index (χ0) is 20.4. The third-order valence-electron chi connectivity index (χ3n) is 5.47. The first-order valence-electron chi connectivity index (χ1n) is 9.84. The molecule has 0 atom stereocenters. The van der Waals surface area contributed by atoms with Crippen molar-refractivity contribution < 1.29 is 9.32 Å². The van der Waals surface area contributed by atoms with E-state index in [1.807, 2.05) is 43.3 Å². The first kappa shape index (κ1) is 19.8. The molecule has 7 heteroatoms. The van der Waals surface area contributed by atoms with Gasteiger partial charge in [0.1, 0.15) is 5.54 Å². The summed E-state index contributed by atoms with van der Waals surface area (Å²) in [5.41, 5.74) is 2.51. The molecule has 0 bridgehead atoms. The number of amides is 1. The van der Waals surface area contributed by atoms with Crippen LogP contribution < -0.4 is 5.32 Å². The second-order valence-electron chi connectivity index (χ2n) is 7.57. The molecular weight excluding hydrogens is 432 g/mol. The molecule has 0 spiro atoms. The number of hydrogen-bond donors (Lipinski definition) is 1. The lowest BCUT2D eigenvalue weighted by molar-refractivity contribution is 0.0854. The predicted molar refractivity (Wildman–Crippen MR) is 113 cm³/mol. The van der Waals surface area contributed by atoms with Crippen molar-refractivity contribution in [3.8, 4) is 11.3 Å². The molecule has 4 rings (SSSR count). The summed E-state index contributed by atoms with van der Waals surface area (Å²) in [6.07, 6.45) is 4.80. The van der Waals surface area contributed by atoms with Gasteiger partial charge in [-0.25, -0.2) is 0 Å². The quantitative estimate of drug-likeness (QED) is 0.592. The molecule has 150 valence electrons. The lowest BCUT2D eigenvalue weighted by atomic mass is 9.80. The Bertz CT molecular complexity index is 1040. The maximum Gasteiger partial charge on any atom is 0.253 e. The summed E-state index contributed by atoms with van der Waals surface area (Å²) in [5, 5.41) is 7.34. The number of halogens is 1. The van der Waals surface area contributed by atoms with Gasteiger partial charge in [0, 0.05) is 17.0 Å². The monoisotopic (exact) mass is 454 g/mol. The Labute approximate surface area is 178 Å². The van der Waals surface area contributed by atoms with Crippen molar-refractivity contribution in [2.75, 3.05) is 0 Å². The molecule has 1 aromatic carbocycles. The van der Waals surface area contributed by atoms with Gasteiger partial charge in [0.15, 0.2) is 5.82 Å². The molecule has 1 N–H and O–H groups in total. The number of aromatic nitrogens is 3. The van der Waals surface area contributed by atoms with Gasteiger partial charge < -0.3 is 9.84 Å². The smallest absolute Gasteiger partial charge is 0.253 e. The third-order valence-corrected chi connectivity index (χ3v) is 5.96. The highest BCUT2D eigenvalue weighted by molar-refractivity contribution is 9.10. The highest BCUT2D eigenvalue weighted by Crippen LogP contribution is 2.36.